The largest absolute Gasteiger partial charge is 0.375 e. The van der Waals surface area contributed by atoms with Crippen LogP contribution in [0.4, 0.5) is 0 Å². The normalized spacial score (nSPS) is 36.3. The van der Waals surface area contributed by atoms with Crippen LogP contribution < -0.4 is 5.32 Å². The molecule has 2 aliphatic rings. The van der Waals surface area contributed by atoms with E-state index >= 15 is 0 Å². The Labute approximate surface area is 61.9 Å². The maximum atomic E-state index is 5.67. The van der Waals surface area contributed by atoms with Crippen LogP contribution in [-0.4, -0.2) is 25.3 Å². The molecule has 2 rings (SSSR count). The molecular formula is C8H15NO. The second-order valence-corrected chi connectivity index (χ2v) is 3.51. The van der Waals surface area contributed by atoms with Crippen LogP contribution in [0.5, 0.6) is 0 Å². The molecule has 1 heterocycles. The first-order valence-corrected chi connectivity index (χ1v) is 4.16. The molecule has 2 fully saturated rings. The smallest absolute Gasteiger partial charge is 0.0699 e. The SMILES string of the molecule is CNC1CCOC2(CC2)C1. The molecule has 58 valence electrons. The minimum atomic E-state index is 0.339. The molecule has 1 unspecified atom stereocenters. The molecule has 1 N–H and O–H groups in total. The molecule has 0 radical (unpaired) electrons. The fourth-order valence-electron chi connectivity index (χ4n) is 1.76. The molecule has 1 spiro atoms. The summed E-state index contributed by atoms with van der Waals surface area (Å²) in [6.07, 6.45) is 5.03. The summed E-state index contributed by atoms with van der Waals surface area (Å²) in [7, 11) is 2.05. The Balaban J connectivity index is 1.91. The minimum Gasteiger partial charge on any atom is -0.375 e. The molecule has 0 aromatic rings. The van der Waals surface area contributed by atoms with Gasteiger partial charge < -0.3 is 10.1 Å². The van der Waals surface area contributed by atoms with Crippen LogP contribution >= 0.6 is 0 Å². The molecule has 2 nitrogen and oxygen atoms in total. The van der Waals surface area contributed by atoms with Gasteiger partial charge in [0.1, 0.15) is 0 Å². The van der Waals surface area contributed by atoms with E-state index in [1.807, 2.05) is 7.05 Å². The van der Waals surface area contributed by atoms with Gasteiger partial charge in [0.2, 0.25) is 0 Å². The van der Waals surface area contributed by atoms with Crippen molar-refractivity contribution in [2.24, 2.45) is 0 Å². The van der Waals surface area contributed by atoms with Crippen molar-refractivity contribution < 1.29 is 4.74 Å². The summed E-state index contributed by atoms with van der Waals surface area (Å²) in [6, 6.07) is 0.719. The highest BCUT2D eigenvalue weighted by atomic mass is 16.5. The highest BCUT2D eigenvalue weighted by Crippen LogP contribution is 2.46. The van der Waals surface area contributed by atoms with Gasteiger partial charge in [0.25, 0.3) is 0 Å². The fraction of sp³-hybridized carbons (Fsp3) is 1.00. The monoisotopic (exact) mass is 141 g/mol. The molecule has 0 aromatic carbocycles. The number of hydrogen-bond donors (Lipinski definition) is 1. The Kier molecular flexibility index (Phi) is 1.46. The Hall–Kier alpha value is -0.0800. The standard InChI is InChI=1S/C8H15NO/c1-9-7-2-5-10-8(6-7)3-4-8/h7,9H,2-6H2,1H3. The first-order valence-electron chi connectivity index (χ1n) is 4.16. The summed E-state index contributed by atoms with van der Waals surface area (Å²) in [6.45, 7) is 0.964. The van der Waals surface area contributed by atoms with E-state index in [1.54, 1.807) is 0 Å². The summed E-state index contributed by atoms with van der Waals surface area (Å²) >= 11 is 0. The van der Waals surface area contributed by atoms with Crippen molar-refractivity contribution in [2.45, 2.75) is 37.3 Å². The number of ether oxygens (including phenoxy) is 1. The molecule has 1 aliphatic carbocycles. The summed E-state index contributed by atoms with van der Waals surface area (Å²) in [4.78, 5) is 0. The molecule has 1 aliphatic heterocycles. The molecular weight excluding hydrogens is 126 g/mol. The predicted molar refractivity (Wildman–Crippen MR) is 40.0 cm³/mol. The Morgan fingerprint density at radius 2 is 2.30 bits per heavy atom. The van der Waals surface area contributed by atoms with E-state index in [-0.39, 0.29) is 0 Å². The molecule has 2 heteroatoms. The maximum Gasteiger partial charge on any atom is 0.0699 e. The van der Waals surface area contributed by atoms with Crippen LogP contribution in [0, 0.1) is 0 Å². The lowest BCUT2D eigenvalue weighted by atomic mass is 10.0. The van der Waals surface area contributed by atoms with E-state index in [0.717, 1.165) is 12.6 Å². The third kappa shape index (κ3) is 1.06. The average molecular weight is 141 g/mol. The van der Waals surface area contributed by atoms with Gasteiger partial charge in [0.15, 0.2) is 0 Å². The molecule has 0 amide bonds. The summed E-state index contributed by atoms with van der Waals surface area (Å²) in [5.74, 6) is 0. The highest BCUT2D eigenvalue weighted by Gasteiger charge is 2.47. The maximum absolute atomic E-state index is 5.67. The third-order valence-corrected chi connectivity index (χ3v) is 2.71. The molecule has 0 bridgehead atoms. The lowest BCUT2D eigenvalue weighted by molar-refractivity contribution is -0.0166. The van der Waals surface area contributed by atoms with Crippen LogP contribution in [0.25, 0.3) is 0 Å². The van der Waals surface area contributed by atoms with Gasteiger partial charge in [-0.15, -0.1) is 0 Å². The van der Waals surface area contributed by atoms with E-state index in [9.17, 15) is 0 Å². The van der Waals surface area contributed by atoms with Crippen molar-refractivity contribution in [2.75, 3.05) is 13.7 Å². The topological polar surface area (TPSA) is 21.3 Å². The summed E-state index contributed by atoms with van der Waals surface area (Å²) in [5.41, 5.74) is 0.339. The van der Waals surface area contributed by atoms with Gasteiger partial charge in [-0.1, -0.05) is 0 Å². The van der Waals surface area contributed by atoms with Gasteiger partial charge in [-0.25, -0.2) is 0 Å². The van der Waals surface area contributed by atoms with Crippen molar-refractivity contribution in [3.05, 3.63) is 0 Å². The van der Waals surface area contributed by atoms with Crippen molar-refractivity contribution in [1.82, 2.24) is 5.32 Å². The molecule has 1 saturated carbocycles. The van der Waals surface area contributed by atoms with Crippen LogP contribution in [0.15, 0.2) is 0 Å². The number of nitrogens with one attached hydrogen (secondary N) is 1. The van der Waals surface area contributed by atoms with Crippen LogP contribution in [0.3, 0.4) is 0 Å². The summed E-state index contributed by atoms with van der Waals surface area (Å²) < 4.78 is 5.67. The summed E-state index contributed by atoms with van der Waals surface area (Å²) in [5, 5.41) is 3.32. The van der Waals surface area contributed by atoms with Crippen LogP contribution in [-0.2, 0) is 4.74 Å². The number of rotatable bonds is 1. The number of hydrogen-bond acceptors (Lipinski definition) is 2. The lowest BCUT2D eigenvalue weighted by Gasteiger charge is -2.29. The van der Waals surface area contributed by atoms with Gasteiger partial charge in [-0.05, 0) is 32.7 Å². The predicted octanol–water partition coefficient (Wildman–Crippen LogP) is 0.917. The van der Waals surface area contributed by atoms with E-state index in [4.69, 9.17) is 4.74 Å². The minimum absolute atomic E-state index is 0.339. The van der Waals surface area contributed by atoms with Crippen molar-refractivity contribution >= 4 is 0 Å². The van der Waals surface area contributed by atoms with Gasteiger partial charge in [0.05, 0.1) is 5.60 Å². The van der Waals surface area contributed by atoms with Gasteiger partial charge in [0, 0.05) is 12.6 Å². The van der Waals surface area contributed by atoms with Crippen molar-refractivity contribution in [3.63, 3.8) is 0 Å². The molecule has 10 heavy (non-hydrogen) atoms. The highest BCUT2D eigenvalue weighted by molar-refractivity contribution is 5.00. The van der Waals surface area contributed by atoms with E-state index in [1.165, 1.54) is 25.7 Å². The van der Waals surface area contributed by atoms with Crippen LogP contribution in [0.2, 0.25) is 0 Å². The van der Waals surface area contributed by atoms with Crippen LogP contribution in [0.1, 0.15) is 25.7 Å². The van der Waals surface area contributed by atoms with Crippen molar-refractivity contribution in [3.8, 4) is 0 Å². The van der Waals surface area contributed by atoms with Crippen molar-refractivity contribution in [1.29, 1.82) is 0 Å². The molecule has 1 saturated heterocycles. The lowest BCUT2D eigenvalue weighted by Crippen LogP contribution is -2.38. The Morgan fingerprint density at radius 1 is 1.50 bits per heavy atom. The van der Waals surface area contributed by atoms with E-state index in [0.29, 0.717) is 5.60 Å². The average Bonchev–Trinajstić information content (AvgIpc) is 2.70. The van der Waals surface area contributed by atoms with Gasteiger partial charge in [-0.3, -0.25) is 0 Å². The quantitative estimate of drug-likeness (QED) is 0.586. The zero-order chi connectivity index (χ0) is 7.03. The van der Waals surface area contributed by atoms with E-state index in [2.05, 4.69) is 5.32 Å². The Bertz CT molecular complexity index is 131. The second kappa shape index (κ2) is 2.21. The van der Waals surface area contributed by atoms with E-state index < -0.39 is 0 Å². The molecule has 1 atom stereocenters. The first kappa shape index (κ1) is 6.62. The zero-order valence-corrected chi connectivity index (χ0v) is 6.52. The third-order valence-electron chi connectivity index (χ3n) is 2.71. The second-order valence-electron chi connectivity index (χ2n) is 3.51. The Morgan fingerprint density at radius 3 is 2.90 bits per heavy atom. The van der Waals surface area contributed by atoms with Gasteiger partial charge >= 0.3 is 0 Å². The van der Waals surface area contributed by atoms with Gasteiger partial charge in [-0.2, -0.15) is 0 Å². The zero-order valence-electron chi connectivity index (χ0n) is 6.52. The molecule has 0 aromatic heterocycles. The first-order chi connectivity index (χ1) is 4.85. The fourth-order valence-corrected chi connectivity index (χ4v) is 1.76.